The molecule has 2 heterocycles. The van der Waals surface area contributed by atoms with Crippen molar-refractivity contribution < 1.29 is 22.4 Å². The summed E-state index contributed by atoms with van der Waals surface area (Å²) in [6.07, 6.45) is -3.42. The molecule has 0 saturated heterocycles. The van der Waals surface area contributed by atoms with E-state index in [-0.39, 0.29) is 36.9 Å². The molecule has 1 aromatic heterocycles. The molecule has 6 nitrogen and oxygen atoms in total. The Morgan fingerprint density at radius 3 is 2.63 bits per heavy atom. The van der Waals surface area contributed by atoms with Gasteiger partial charge in [-0.15, -0.1) is 5.10 Å². The van der Waals surface area contributed by atoms with E-state index in [1.807, 2.05) is 0 Å². The molecule has 0 aliphatic carbocycles. The van der Waals surface area contributed by atoms with Crippen molar-refractivity contribution in [2.75, 3.05) is 0 Å². The van der Waals surface area contributed by atoms with Gasteiger partial charge in [-0.1, -0.05) is 18.2 Å². The van der Waals surface area contributed by atoms with Crippen molar-refractivity contribution in [1.29, 1.82) is 5.26 Å². The number of carbonyl (C=O) groups excluding carboxylic acids is 1. The standard InChI is InChI=1S/C20H13F4N5O/c21-16-3-1-2-15(20(22,23)24)19(16)12-4-5-13-8-28(9-14(13)6-12)18(30)10-29-11-26-17(7-25)27-29/h1-6,11H,8-10H2. The number of amides is 1. The van der Waals surface area contributed by atoms with Gasteiger partial charge in [-0.05, 0) is 34.9 Å². The van der Waals surface area contributed by atoms with Crippen LogP contribution in [0.15, 0.2) is 42.7 Å². The monoisotopic (exact) mass is 415 g/mol. The summed E-state index contributed by atoms with van der Waals surface area (Å²) in [5.74, 6) is -1.30. The second-order valence-electron chi connectivity index (χ2n) is 6.77. The highest BCUT2D eigenvalue weighted by molar-refractivity contribution is 5.77. The van der Waals surface area contributed by atoms with Crippen LogP contribution in [-0.2, 0) is 30.6 Å². The van der Waals surface area contributed by atoms with Gasteiger partial charge < -0.3 is 4.90 Å². The number of aromatic nitrogens is 3. The van der Waals surface area contributed by atoms with Gasteiger partial charge in [-0.25, -0.2) is 14.1 Å². The van der Waals surface area contributed by atoms with Crippen LogP contribution in [0.4, 0.5) is 17.6 Å². The number of nitriles is 1. The summed E-state index contributed by atoms with van der Waals surface area (Å²) in [6.45, 7) is 0.330. The van der Waals surface area contributed by atoms with Crippen molar-refractivity contribution in [3.8, 4) is 17.2 Å². The number of rotatable bonds is 3. The number of halogens is 4. The second-order valence-corrected chi connectivity index (χ2v) is 6.77. The first-order valence-electron chi connectivity index (χ1n) is 8.81. The fourth-order valence-electron chi connectivity index (χ4n) is 3.44. The van der Waals surface area contributed by atoms with Crippen molar-refractivity contribution in [2.45, 2.75) is 25.8 Å². The molecule has 4 rings (SSSR count). The van der Waals surface area contributed by atoms with Crippen LogP contribution in [-0.4, -0.2) is 25.6 Å². The lowest BCUT2D eigenvalue weighted by atomic mass is 9.96. The molecule has 152 valence electrons. The molecule has 1 amide bonds. The number of nitrogens with zero attached hydrogens (tertiary/aromatic N) is 5. The lowest BCUT2D eigenvalue weighted by Gasteiger charge is -2.15. The Balaban J connectivity index is 1.58. The van der Waals surface area contributed by atoms with Crippen LogP contribution in [0, 0.1) is 17.1 Å². The SMILES string of the molecule is N#Cc1ncn(CC(=O)N2Cc3ccc(-c4c(F)cccc4C(F)(F)F)cc3C2)n1. The van der Waals surface area contributed by atoms with E-state index in [4.69, 9.17) is 5.26 Å². The zero-order chi connectivity index (χ0) is 21.5. The Bertz CT molecular complexity index is 1180. The molecule has 0 atom stereocenters. The lowest BCUT2D eigenvalue weighted by Crippen LogP contribution is -2.29. The minimum Gasteiger partial charge on any atom is -0.332 e. The number of fused-ring (bicyclic) bond motifs is 1. The van der Waals surface area contributed by atoms with Crippen LogP contribution < -0.4 is 0 Å². The molecular weight excluding hydrogens is 402 g/mol. The summed E-state index contributed by atoms with van der Waals surface area (Å²) in [6, 6.07) is 9.14. The molecule has 0 unspecified atom stereocenters. The molecule has 2 aromatic carbocycles. The molecule has 10 heteroatoms. The van der Waals surface area contributed by atoms with Crippen molar-refractivity contribution in [1.82, 2.24) is 19.7 Å². The fraction of sp³-hybridized carbons (Fsp3) is 0.200. The van der Waals surface area contributed by atoms with Gasteiger partial charge in [0.05, 0.1) is 5.56 Å². The van der Waals surface area contributed by atoms with Gasteiger partial charge in [-0.2, -0.15) is 18.4 Å². The van der Waals surface area contributed by atoms with Crippen molar-refractivity contribution in [2.24, 2.45) is 0 Å². The molecule has 0 spiro atoms. The third-order valence-corrected chi connectivity index (χ3v) is 4.82. The van der Waals surface area contributed by atoms with Gasteiger partial charge in [0.15, 0.2) is 0 Å². The molecule has 30 heavy (non-hydrogen) atoms. The van der Waals surface area contributed by atoms with E-state index in [2.05, 4.69) is 10.1 Å². The Kier molecular flexibility index (Phi) is 4.73. The van der Waals surface area contributed by atoms with Gasteiger partial charge >= 0.3 is 6.18 Å². The van der Waals surface area contributed by atoms with Gasteiger partial charge in [0.1, 0.15) is 24.8 Å². The first kappa shape index (κ1) is 19.6. The average molecular weight is 415 g/mol. The van der Waals surface area contributed by atoms with Crippen LogP contribution in [0.25, 0.3) is 11.1 Å². The maximum absolute atomic E-state index is 14.3. The summed E-state index contributed by atoms with van der Waals surface area (Å²) in [5.41, 5.74) is -0.0395. The van der Waals surface area contributed by atoms with E-state index >= 15 is 0 Å². The highest BCUT2D eigenvalue weighted by Gasteiger charge is 2.35. The number of benzene rings is 2. The minimum atomic E-state index is -4.70. The zero-order valence-corrected chi connectivity index (χ0v) is 15.3. The highest BCUT2D eigenvalue weighted by atomic mass is 19.4. The average Bonchev–Trinajstić information content (AvgIpc) is 3.33. The van der Waals surface area contributed by atoms with Crippen LogP contribution in [0.2, 0.25) is 0 Å². The highest BCUT2D eigenvalue weighted by Crippen LogP contribution is 2.39. The normalized spacial score (nSPS) is 13.2. The Labute approximate surface area is 168 Å². The zero-order valence-electron chi connectivity index (χ0n) is 15.3. The molecule has 0 N–H and O–H groups in total. The minimum absolute atomic E-state index is 0.0532. The van der Waals surface area contributed by atoms with Gasteiger partial charge in [0.2, 0.25) is 5.91 Å². The first-order chi connectivity index (χ1) is 14.3. The third-order valence-electron chi connectivity index (χ3n) is 4.82. The van der Waals surface area contributed by atoms with Crippen LogP contribution in [0.1, 0.15) is 22.5 Å². The molecule has 1 aliphatic rings. The lowest BCUT2D eigenvalue weighted by molar-refractivity contribution is -0.137. The number of alkyl halides is 3. The summed E-state index contributed by atoms with van der Waals surface area (Å²) in [5, 5.41) is 12.6. The molecule has 1 aliphatic heterocycles. The molecule has 0 radical (unpaired) electrons. The number of carbonyl (C=O) groups is 1. The Morgan fingerprint density at radius 2 is 1.93 bits per heavy atom. The summed E-state index contributed by atoms with van der Waals surface area (Å²) < 4.78 is 55.5. The summed E-state index contributed by atoms with van der Waals surface area (Å²) >= 11 is 0. The smallest absolute Gasteiger partial charge is 0.332 e. The Hall–Kier alpha value is -3.74. The first-order valence-corrected chi connectivity index (χ1v) is 8.81. The molecular formula is C20H13F4N5O. The topological polar surface area (TPSA) is 74.8 Å². The summed E-state index contributed by atoms with van der Waals surface area (Å²) in [4.78, 5) is 17.8. The van der Waals surface area contributed by atoms with Gasteiger partial charge in [-0.3, -0.25) is 4.79 Å². The summed E-state index contributed by atoms with van der Waals surface area (Å²) in [7, 11) is 0. The Morgan fingerprint density at radius 1 is 1.17 bits per heavy atom. The van der Waals surface area contributed by atoms with Crippen LogP contribution in [0.3, 0.4) is 0 Å². The van der Waals surface area contributed by atoms with Crippen LogP contribution in [0.5, 0.6) is 0 Å². The van der Waals surface area contributed by atoms with E-state index in [9.17, 15) is 22.4 Å². The third kappa shape index (κ3) is 3.61. The van der Waals surface area contributed by atoms with Crippen molar-refractivity contribution in [3.63, 3.8) is 0 Å². The van der Waals surface area contributed by atoms with Crippen molar-refractivity contribution >= 4 is 5.91 Å². The van der Waals surface area contributed by atoms with E-state index < -0.39 is 23.1 Å². The fourth-order valence-corrected chi connectivity index (χ4v) is 3.44. The molecule has 3 aromatic rings. The van der Waals surface area contributed by atoms with Crippen molar-refractivity contribution in [3.05, 3.63) is 71.1 Å². The van der Waals surface area contributed by atoms with E-state index in [0.29, 0.717) is 5.56 Å². The predicted molar refractivity (Wildman–Crippen MR) is 95.8 cm³/mol. The second kappa shape index (κ2) is 7.26. The van der Waals surface area contributed by atoms with E-state index in [0.717, 1.165) is 23.8 Å². The van der Waals surface area contributed by atoms with Gasteiger partial charge in [0.25, 0.3) is 5.82 Å². The molecule has 0 saturated carbocycles. The maximum atomic E-state index is 14.3. The largest absolute Gasteiger partial charge is 0.417 e. The molecule has 0 bridgehead atoms. The maximum Gasteiger partial charge on any atom is 0.417 e. The number of hydrogen-bond acceptors (Lipinski definition) is 4. The van der Waals surface area contributed by atoms with Gasteiger partial charge in [0, 0.05) is 18.7 Å². The van der Waals surface area contributed by atoms with E-state index in [1.54, 1.807) is 12.1 Å². The molecule has 0 fully saturated rings. The number of hydrogen-bond donors (Lipinski definition) is 0. The van der Waals surface area contributed by atoms with Crippen LogP contribution >= 0.6 is 0 Å². The predicted octanol–water partition coefficient (Wildman–Crippen LogP) is 3.52. The quantitative estimate of drug-likeness (QED) is 0.614. The van der Waals surface area contributed by atoms with E-state index in [1.165, 1.54) is 28.0 Å².